The van der Waals surface area contributed by atoms with E-state index in [-0.39, 0.29) is 10.6 Å². The highest BCUT2D eigenvalue weighted by Crippen LogP contribution is 2.33. The van der Waals surface area contributed by atoms with E-state index in [4.69, 9.17) is 4.74 Å². The Hall–Kier alpha value is -1.92. The summed E-state index contributed by atoms with van der Waals surface area (Å²) in [6.45, 7) is 3.71. The maximum Gasteiger partial charge on any atom is 0.296 e. The summed E-state index contributed by atoms with van der Waals surface area (Å²) in [4.78, 5) is 10.9. The Balaban J connectivity index is 1.71. The third-order valence-corrected chi connectivity index (χ3v) is 4.55. The normalized spacial score (nSPS) is 10.6. The van der Waals surface area contributed by atoms with Crippen molar-refractivity contribution >= 4 is 27.3 Å². The lowest BCUT2D eigenvalue weighted by molar-refractivity contribution is -0.384. The molecule has 5 nitrogen and oxygen atoms in total. The van der Waals surface area contributed by atoms with Crippen molar-refractivity contribution in [3.8, 4) is 0 Å². The minimum atomic E-state index is -0.342. The molecule has 0 aliphatic rings. The molecule has 0 unspecified atom stereocenters. The van der Waals surface area contributed by atoms with Crippen molar-refractivity contribution < 1.29 is 9.66 Å². The van der Waals surface area contributed by atoms with Gasteiger partial charge in [0.1, 0.15) is 5.69 Å². The summed E-state index contributed by atoms with van der Waals surface area (Å²) in [7, 11) is 0. The highest BCUT2D eigenvalue weighted by molar-refractivity contribution is 9.10. The number of nitrogens with one attached hydrogen (secondary N) is 1. The zero-order valence-corrected chi connectivity index (χ0v) is 15.2. The molecule has 0 bridgehead atoms. The van der Waals surface area contributed by atoms with E-state index in [2.05, 4.69) is 21.2 Å². The summed E-state index contributed by atoms with van der Waals surface area (Å²) in [5.74, 6) is 0. The number of hydrogen-bond donors (Lipinski definition) is 1. The molecule has 0 spiro atoms. The number of ether oxygens (including phenoxy) is 1. The molecule has 0 atom stereocenters. The monoisotopic (exact) mass is 392 g/mol. The third-order valence-electron chi connectivity index (χ3n) is 3.69. The van der Waals surface area contributed by atoms with Crippen molar-refractivity contribution in [2.75, 3.05) is 18.5 Å². The van der Waals surface area contributed by atoms with Crippen LogP contribution in [-0.2, 0) is 11.3 Å². The highest BCUT2D eigenvalue weighted by Gasteiger charge is 2.18. The van der Waals surface area contributed by atoms with Crippen LogP contribution < -0.4 is 5.32 Å². The summed E-state index contributed by atoms with van der Waals surface area (Å²) in [6.07, 6.45) is 1.80. The molecule has 0 aliphatic carbocycles. The number of benzene rings is 2. The van der Waals surface area contributed by atoms with E-state index in [1.54, 1.807) is 13.0 Å². The fourth-order valence-electron chi connectivity index (χ4n) is 2.37. The van der Waals surface area contributed by atoms with E-state index in [0.717, 1.165) is 22.9 Å². The van der Waals surface area contributed by atoms with Crippen molar-refractivity contribution in [1.82, 2.24) is 0 Å². The largest absolute Gasteiger partial charge is 0.379 e. The van der Waals surface area contributed by atoms with Gasteiger partial charge in [-0.1, -0.05) is 46.3 Å². The van der Waals surface area contributed by atoms with Gasteiger partial charge in [-0.25, -0.2) is 0 Å². The first-order valence-electron chi connectivity index (χ1n) is 7.88. The molecule has 0 aliphatic heterocycles. The second-order valence-electron chi connectivity index (χ2n) is 5.50. The molecule has 128 valence electrons. The summed E-state index contributed by atoms with van der Waals surface area (Å²) >= 11 is 3.33. The maximum atomic E-state index is 11.2. The number of unbranched alkanes of at least 4 members (excludes halogenated alkanes) is 1. The Morgan fingerprint density at radius 1 is 1.17 bits per heavy atom. The molecule has 0 saturated heterocycles. The van der Waals surface area contributed by atoms with Crippen LogP contribution in [0.4, 0.5) is 11.4 Å². The van der Waals surface area contributed by atoms with Gasteiger partial charge < -0.3 is 10.1 Å². The lowest BCUT2D eigenvalue weighted by Crippen LogP contribution is -2.07. The van der Waals surface area contributed by atoms with Gasteiger partial charge in [-0.05, 0) is 37.5 Å². The van der Waals surface area contributed by atoms with Crippen LogP contribution in [-0.4, -0.2) is 18.1 Å². The summed E-state index contributed by atoms with van der Waals surface area (Å²) in [6, 6.07) is 13.6. The average molecular weight is 393 g/mol. The van der Waals surface area contributed by atoms with Crippen LogP contribution >= 0.6 is 15.9 Å². The van der Waals surface area contributed by atoms with Crippen LogP contribution in [0.3, 0.4) is 0 Å². The van der Waals surface area contributed by atoms with Crippen LogP contribution in [0, 0.1) is 17.0 Å². The Kier molecular flexibility index (Phi) is 7.21. The molecule has 0 saturated carbocycles. The average Bonchev–Trinajstić information content (AvgIpc) is 2.57. The molecule has 0 heterocycles. The Bertz CT molecular complexity index is 677. The van der Waals surface area contributed by atoms with E-state index >= 15 is 0 Å². The third kappa shape index (κ3) is 5.32. The summed E-state index contributed by atoms with van der Waals surface area (Å²) in [5.41, 5.74) is 2.49. The fraction of sp³-hybridized carbons (Fsp3) is 0.333. The summed E-state index contributed by atoms with van der Waals surface area (Å²) < 4.78 is 6.37. The van der Waals surface area contributed by atoms with Crippen LogP contribution in [0.2, 0.25) is 0 Å². The lowest BCUT2D eigenvalue weighted by atomic mass is 10.1. The van der Waals surface area contributed by atoms with Gasteiger partial charge in [0, 0.05) is 23.2 Å². The molecular weight excluding hydrogens is 372 g/mol. The Morgan fingerprint density at radius 3 is 2.62 bits per heavy atom. The van der Waals surface area contributed by atoms with Gasteiger partial charge in [-0.15, -0.1) is 0 Å². The predicted octanol–water partition coefficient (Wildman–Crippen LogP) is 5.07. The molecular formula is C18H21BrN2O3. The standard InChI is InChI=1S/C18H21BrN2O3/c1-14-16(19)9-10-17(18(14)21(22)23)20-11-5-6-12-24-13-15-7-3-2-4-8-15/h2-4,7-10,20H,5-6,11-13H2,1H3. The predicted molar refractivity (Wildman–Crippen MR) is 99.4 cm³/mol. The zero-order chi connectivity index (χ0) is 17.4. The van der Waals surface area contributed by atoms with Gasteiger partial charge in [0.25, 0.3) is 5.69 Å². The molecule has 2 rings (SSSR count). The number of nitro groups is 1. The fourth-order valence-corrected chi connectivity index (χ4v) is 2.69. The second kappa shape index (κ2) is 9.39. The van der Waals surface area contributed by atoms with Gasteiger partial charge in [-0.2, -0.15) is 0 Å². The number of nitrogens with zero attached hydrogens (tertiary/aromatic N) is 1. The van der Waals surface area contributed by atoms with Gasteiger partial charge in [0.2, 0.25) is 0 Å². The minimum absolute atomic E-state index is 0.129. The van der Waals surface area contributed by atoms with Crippen LogP contribution in [0.25, 0.3) is 0 Å². The Labute approximate surface area is 150 Å². The molecule has 0 fully saturated rings. The highest BCUT2D eigenvalue weighted by atomic mass is 79.9. The maximum absolute atomic E-state index is 11.2. The lowest BCUT2D eigenvalue weighted by Gasteiger charge is -2.10. The summed E-state index contributed by atoms with van der Waals surface area (Å²) in [5, 5.41) is 14.4. The first-order chi connectivity index (χ1) is 11.6. The minimum Gasteiger partial charge on any atom is -0.379 e. The van der Waals surface area contributed by atoms with Crippen LogP contribution in [0.5, 0.6) is 0 Å². The first kappa shape index (κ1) is 18.4. The van der Waals surface area contributed by atoms with E-state index in [1.165, 1.54) is 0 Å². The molecule has 1 N–H and O–H groups in total. The van der Waals surface area contributed by atoms with E-state index in [9.17, 15) is 10.1 Å². The molecule has 2 aromatic rings. The number of anilines is 1. The molecule has 0 aromatic heterocycles. The second-order valence-corrected chi connectivity index (χ2v) is 6.35. The zero-order valence-electron chi connectivity index (χ0n) is 13.6. The quantitative estimate of drug-likeness (QED) is 0.367. The van der Waals surface area contributed by atoms with Crippen LogP contribution in [0.1, 0.15) is 24.0 Å². The Morgan fingerprint density at radius 2 is 1.92 bits per heavy atom. The van der Waals surface area contributed by atoms with Gasteiger partial charge >= 0.3 is 0 Å². The smallest absolute Gasteiger partial charge is 0.296 e. The van der Waals surface area contributed by atoms with Gasteiger partial charge in [0.05, 0.1) is 11.5 Å². The molecule has 0 radical (unpaired) electrons. The number of nitro benzene ring substituents is 1. The number of halogens is 1. The number of hydrogen-bond acceptors (Lipinski definition) is 4. The SMILES string of the molecule is Cc1c(Br)ccc(NCCCCOCc2ccccc2)c1[N+](=O)[O-]. The van der Waals surface area contributed by atoms with E-state index in [0.29, 0.717) is 31.0 Å². The topological polar surface area (TPSA) is 64.4 Å². The molecule has 6 heteroatoms. The van der Waals surface area contributed by atoms with Crippen molar-refractivity contribution in [2.45, 2.75) is 26.4 Å². The molecule has 24 heavy (non-hydrogen) atoms. The van der Waals surface area contributed by atoms with E-state index in [1.807, 2.05) is 36.4 Å². The molecule has 2 aromatic carbocycles. The van der Waals surface area contributed by atoms with Crippen molar-refractivity contribution in [1.29, 1.82) is 0 Å². The van der Waals surface area contributed by atoms with Gasteiger partial charge in [-0.3, -0.25) is 10.1 Å². The van der Waals surface area contributed by atoms with Crippen molar-refractivity contribution in [2.24, 2.45) is 0 Å². The van der Waals surface area contributed by atoms with Crippen LogP contribution in [0.15, 0.2) is 46.9 Å². The first-order valence-corrected chi connectivity index (χ1v) is 8.68. The van der Waals surface area contributed by atoms with E-state index < -0.39 is 0 Å². The number of rotatable bonds is 9. The molecule has 0 amide bonds. The van der Waals surface area contributed by atoms with Gasteiger partial charge in [0.15, 0.2) is 0 Å². The van der Waals surface area contributed by atoms with Crippen molar-refractivity contribution in [3.05, 3.63) is 68.2 Å². The van der Waals surface area contributed by atoms with Crippen molar-refractivity contribution in [3.63, 3.8) is 0 Å².